The average Bonchev–Trinajstić information content (AvgIpc) is 3.33. The Morgan fingerprint density at radius 3 is 2.78 bits per heavy atom. The minimum atomic E-state index is -4.41. The van der Waals surface area contributed by atoms with E-state index in [9.17, 15) is 18.0 Å². The summed E-state index contributed by atoms with van der Waals surface area (Å²) in [5.74, 6) is 0. The Balaban J connectivity index is 1.71. The fourth-order valence-corrected chi connectivity index (χ4v) is 3.04. The van der Waals surface area contributed by atoms with Gasteiger partial charge in [0.15, 0.2) is 0 Å². The van der Waals surface area contributed by atoms with Crippen LogP contribution in [-0.4, -0.2) is 41.0 Å². The average molecular weight is 375 g/mol. The van der Waals surface area contributed by atoms with Crippen molar-refractivity contribution in [3.8, 4) is 5.69 Å². The first-order valence-electron chi connectivity index (χ1n) is 8.31. The van der Waals surface area contributed by atoms with Gasteiger partial charge in [-0.3, -0.25) is 4.79 Å². The van der Waals surface area contributed by atoms with Crippen LogP contribution in [0, 0.1) is 6.92 Å². The molecule has 0 bridgehead atoms. The highest BCUT2D eigenvalue weighted by Crippen LogP contribution is 2.43. The smallest absolute Gasteiger partial charge is 0.381 e. The molecule has 5 nitrogen and oxygen atoms in total. The molecule has 0 aliphatic carbocycles. The molecule has 1 aliphatic rings. The van der Waals surface area contributed by atoms with E-state index in [0.717, 1.165) is 17.4 Å². The quantitative estimate of drug-likeness (QED) is 0.543. The monoisotopic (exact) mass is 375 g/mol. The fourth-order valence-electron chi connectivity index (χ4n) is 3.04. The number of carbonyl (C=O) groups is 1. The summed E-state index contributed by atoms with van der Waals surface area (Å²) in [5.41, 5.74) is 1.26. The third-order valence-electron chi connectivity index (χ3n) is 4.66. The number of aldehydes is 1. The van der Waals surface area contributed by atoms with E-state index >= 15 is 0 Å². The second kappa shape index (κ2) is 6.09. The van der Waals surface area contributed by atoms with E-state index in [4.69, 9.17) is 0 Å². The van der Waals surface area contributed by atoms with E-state index in [-0.39, 0.29) is 13.2 Å². The number of ether oxygens (including phenoxy) is 1. The number of benzene rings is 2. The van der Waals surface area contributed by atoms with Gasteiger partial charge in [0, 0.05) is 16.6 Å². The van der Waals surface area contributed by atoms with E-state index < -0.39 is 11.8 Å². The first-order chi connectivity index (χ1) is 12.8. The van der Waals surface area contributed by atoms with Crippen molar-refractivity contribution in [3.63, 3.8) is 0 Å². The highest BCUT2D eigenvalue weighted by atomic mass is 19.4. The third kappa shape index (κ3) is 3.06. The number of anilines is 1. The van der Waals surface area contributed by atoms with Gasteiger partial charge in [-0.05, 0) is 36.8 Å². The van der Waals surface area contributed by atoms with Crippen LogP contribution in [0.2, 0.25) is 0 Å². The van der Waals surface area contributed by atoms with Crippen molar-refractivity contribution in [1.82, 2.24) is 9.78 Å². The van der Waals surface area contributed by atoms with Crippen molar-refractivity contribution in [2.45, 2.75) is 18.7 Å². The number of rotatable bonds is 5. The van der Waals surface area contributed by atoms with Gasteiger partial charge in [0.2, 0.25) is 5.60 Å². The summed E-state index contributed by atoms with van der Waals surface area (Å²) < 4.78 is 45.6. The molecular formula is C19H16F3N3O2. The third-order valence-corrected chi connectivity index (χ3v) is 4.66. The highest BCUT2D eigenvalue weighted by Gasteiger charge is 2.65. The molecule has 0 amide bonds. The first kappa shape index (κ1) is 17.5. The van der Waals surface area contributed by atoms with Crippen LogP contribution >= 0.6 is 0 Å². The van der Waals surface area contributed by atoms with Gasteiger partial charge in [-0.2, -0.15) is 18.3 Å². The Labute approximate surface area is 152 Å². The van der Waals surface area contributed by atoms with E-state index in [1.54, 1.807) is 35.1 Å². The second-order valence-corrected chi connectivity index (χ2v) is 6.65. The van der Waals surface area contributed by atoms with E-state index in [0.29, 0.717) is 22.3 Å². The van der Waals surface area contributed by atoms with Crippen LogP contribution in [0.1, 0.15) is 15.9 Å². The molecule has 1 fully saturated rings. The number of nitrogens with one attached hydrogen (secondary N) is 1. The maximum atomic E-state index is 13.1. The van der Waals surface area contributed by atoms with Crippen molar-refractivity contribution in [2.75, 3.05) is 18.5 Å². The summed E-state index contributed by atoms with van der Waals surface area (Å²) in [7, 11) is 0. The summed E-state index contributed by atoms with van der Waals surface area (Å²) in [6.07, 6.45) is -2.07. The van der Waals surface area contributed by atoms with Gasteiger partial charge in [0.1, 0.15) is 6.29 Å². The van der Waals surface area contributed by atoms with Gasteiger partial charge in [-0.25, -0.2) is 4.68 Å². The van der Waals surface area contributed by atoms with Crippen LogP contribution in [0.3, 0.4) is 0 Å². The van der Waals surface area contributed by atoms with Gasteiger partial charge in [0.05, 0.1) is 30.6 Å². The lowest BCUT2D eigenvalue weighted by atomic mass is 10.1. The lowest BCUT2D eigenvalue weighted by molar-refractivity contribution is -0.179. The number of aromatic nitrogens is 2. The molecule has 1 saturated heterocycles. The number of aryl methyl sites for hydroxylation is 1. The molecule has 1 unspecified atom stereocenters. The Morgan fingerprint density at radius 2 is 2.11 bits per heavy atom. The molecule has 1 N–H and O–H groups in total. The number of fused-ring (bicyclic) bond motifs is 1. The molecule has 0 radical (unpaired) electrons. The molecule has 1 aliphatic heterocycles. The molecule has 1 atom stereocenters. The number of halogens is 3. The Hall–Kier alpha value is -2.87. The van der Waals surface area contributed by atoms with Gasteiger partial charge >= 0.3 is 6.18 Å². The SMILES string of the molecule is Cc1cc(NCC2(C(F)(F)F)CO2)c2cnn(-c3cccc(C=O)c3)c2c1. The number of alkyl halides is 3. The Kier molecular flexibility index (Phi) is 3.96. The van der Waals surface area contributed by atoms with Crippen LogP contribution in [0.5, 0.6) is 0 Å². The zero-order valence-corrected chi connectivity index (χ0v) is 14.4. The minimum absolute atomic E-state index is 0.337. The molecule has 140 valence electrons. The summed E-state index contributed by atoms with van der Waals surface area (Å²) in [4.78, 5) is 11.0. The zero-order valence-electron chi connectivity index (χ0n) is 14.4. The molecular weight excluding hydrogens is 359 g/mol. The van der Waals surface area contributed by atoms with Gasteiger partial charge in [0.25, 0.3) is 0 Å². The van der Waals surface area contributed by atoms with Gasteiger partial charge in [-0.1, -0.05) is 12.1 Å². The number of epoxide rings is 1. The maximum Gasteiger partial charge on any atom is 0.421 e. The molecule has 1 aromatic heterocycles. The number of hydrogen-bond donors (Lipinski definition) is 1. The van der Waals surface area contributed by atoms with Crippen molar-refractivity contribution >= 4 is 22.9 Å². The molecule has 27 heavy (non-hydrogen) atoms. The topological polar surface area (TPSA) is 59.5 Å². The van der Waals surface area contributed by atoms with E-state index in [1.165, 1.54) is 0 Å². The maximum absolute atomic E-state index is 13.1. The van der Waals surface area contributed by atoms with Crippen LogP contribution in [0.25, 0.3) is 16.6 Å². The lowest BCUT2D eigenvalue weighted by Crippen LogP contribution is -2.39. The fraction of sp³-hybridized carbons (Fsp3) is 0.263. The minimum Gasteiger partial charge on any atom is -0.381 e. The normalized spacial score (nSPS) is 19.3. The van der Waals surface area contributed by atoms with E-state index in [1.807, 2.05) is 19.1 Å². The molecule has 2 heterocycles. The van der Waals surface area contributed by atoms with Crippen LogP contribution in [-0.2, 0) is 4.74 Å². The molecule has 0 saturated carbocycles. The summed E-state index contributed by atoms with van der Waals surface area (Å²) in [6.45, 7) is 1.16. The molecule has 0 spiro atoms. The number of carbonyl (C=O) groups excluding carboxylic acids is 1. The number of hydrogen-bond acceptors (Lipinski definition) is 4. The molecule has 8 heteroatoms. The molecule has 4 rings (SSSR count). The Morgan fingerprint density at radius 1 is 1.33 bits per heavy atom. The highest BCUT2D eigenvalue weighted by molar-refractivity contribution is 5.93. The lowest BCUT2D eigenvalue weighted by Gasteiger charge is -2.18. The second-order valence-electron chi connectivity index (χ2n) is 6.65. The Bertz CT molecular complexity index is 1020. The van der Waals surface area contributed by atoms with Crippen molar-refractivity contribution in [2.24, 2.45) is 0 Å². The van der Waals surface area contributed by atoms with Gasteiger partial charge < -0.3 is 10.1 Å². The van der Waals surface area contributed by atoms with Crippen molar-refractivity contribution in [1.29, 1.82) is 0 Å². The van der Waals surface area contributed by atoms with Crippen LogP contribution < -0.4 is 5.32 Å². The predicted octanol–water partition coefficient (Wildman–Crippen LogP) is 3.89. The zero-order chi connectivity index (χ0) is 19.2. The molecule has 2 aromatic carbocycles. The van der Waals surface area contributed by atoms with Crippen LogP contribution in [0.4, 0.5) is 18.9 Å². The summed E-state index contributed by atoms with van der Waals surface area (Å²) >= 11 is 0. The summed E-state index contributed by atoms with van der Waals surface area (Å²) in [5, 5.41) is 7.92. The largest absolute Gasteiger partial charge is 0.421 e. The predicted molar refractivity (Wildman–Crippen MR) is 94.4 cm³/mol. The standard InChI is InChI=1S/C19H16F3N3O2/c1-12-5-16(23-10-18(11-27-18)19(20,21)22)15-8-24-25(17(15)6-12)14-4-2-3-13(7-14)9-26/h2-9,23H,10-11H2,1H3. The van der Waals surface area contributed by atoms with Crippen molar-refractivity contribution < 1.29 is 22.7 Å². The number of nitrogens with zero attached hydrogens (tertiary/aromatic N) is 2. The van der Waals surface area contributed by atoms with E-state index in [2.05, 4.69) is 15.2 Å². The summed E-state index contributed by atoms with van der Waals surface area (Å²) in [6, 6.07) is 10.6. The van der Waals surface area contributed by atoms with Gasteiger partial charge in [-0.15, -0.1) is 0 Å². The molecule has 3 aromatic rings. The first-order valence-corrected chi connectivity index (χ1v) is 8.31. The van der Waals surface area contributed by atoms with Crippen molar-refractivity contribution in [3.05, 3.63) is 53.7 Å². The van der Waals surface area contributed by atoms with Crippen LogP contribution in [0.15, 0.2) is 42.6 Å².